The number of aromatic nitrogens is 1. The van der Waals surface area contributed by atoms with Gasteiger partial charge < -0.3 is 9.84 Å². The highest BCUT2D eigenvalue weighted by Crippen LogP contribution is 2.25. The molecule has 0 aliphatic rings. The number of carboxylic acids is 1. The van der Waals surface area contributed by atoms with Gasteiger partial charge in [-0.25, -0.2) is 4.79 Å². The standard InChI is InChI=1S/C18H21NO4/c1-3-18(4-2,17(21)22)19-12-8-11-15(16(19)20)23-13-14-9-6-5-7-10-14/h5-12H,3-4,13H2,1-2H3,(H,21,22). The normalized spacial score (nSPS) is 11.2. The van der Waals surface area contributed by atoms with Crippen molar-refractivity contribution in [3.05, 3.63) is 64.6 Å². The van der Waals surface area contributed by atoms with E-state index in [9.17, 15) is 14.7 Å². The molecular formula is C18H21NO4. The minimum Gasteiger partial charge on any atom is -0.483 e. The lowest BCUT2D eigenvalue weighted by atomic mass is 9.92. The second-order valence-corrected chi connectivity index (χ2v) is 5.37. The third-order valence-electron chi connectivity index (χ3n) is 4.18. The number of hydrogen-bond donors (Lipinski definition) is 1. The first-order valence-electron chi connectivity index (χ1n) is 7.67. The molecule has 1 N–H and O–H groups in total. The van der Waals surface area contributed by atoms with Crippen LogP contribution in [0.1, 0.15) is 32.3 Å². The molecule has 0 radical (unpaired) electrons. The summed E-state index contributed by atoms with van der Waals surface area (Å²) in [6, 6.07) is 12.7. The maximum absolute atomic E-state index is 12.6. The van der Waals surface area contributed by atoms with E-state index >= 15 is 0 Å². The van der Waals surface area contributed by atoms with Crippen LogP contribution in [0.2, 0.25) is 0 Å². The molecule has 0 aliphatic carbocycles. The van der Waals surface area contributed by atoms with Crippen molar-refractivity contribution in [2.45, 2.75) is 38.8 Å². The summed E-state index contributed by atoms with van der Waals surface area (Å²) >= 11 is 0. The molecule has 0 amide bonds. The molecular weight excluding hydrogens is 294 g/mol. The number of hydrogen-bond acceptors (Lipinski definition) is 3. The molecule has 0 atom stereocenters. The first-order chi connectivity index (χ1) is 11.0. The van der Waals surface area contributed by atoms with Gasteiger partial charge in [0.2, 0.25) is 0 Å². The molecule has 0 bridgehead atoms. The summed E-state index contributed by atoms with van der Waals surface area (Å²) in [6.45, 7) is 3.79. The van der Waals surface area contributed by atoms with E-state index in [1.807, 2.05) is 30.3 Å². The van der Waals surface area contributed by atoms with Crippen molar-refractivity contribution >= 4 is 5.97 Å². The molecule has 0 aliphatic heterocycles. The zero-order chi connectivity index (χ0) is 16.9. The van der Waals surface area contributed by atoms with E-state index in [-0.39, 0.29) is 12.4 Å². The van der Waals surface area contributed by atoms with Crippen LogP contribution in [-0.2, 0) is 16.9 Å². The maximum atomic E-state index is 12.6. The summed E-state index contributed by atoms with van der Waals surface area (Å²) in [5.74, 6) is -0.853. The Hall–Kier alpha value is -2.56. The van der Waals surface area contributed by atoms with Crippen molar-refractivity contribution in [3.8, 4) is 5.75 Å². The molecule has 1 heterocycles. The highest BCUT2D eigenvalue weighted by Gasteiger charge is 2.38. The predicted octanol–water partition coefficient (Wildman–Crippen LogP) is 3.03. The molecule has 1 aromatic carbocycles. The van der Waals surface area contributed by atoms with Crippen molar-refractivity contribution in [2.75, 3.05) is 0 Å². The van der Waals surface area contributed by atoms with E-state index in [0.29, 0.717) is 12.8 Å². The Bertz CT molecular complexity index is 717. The van der Waals surface area contributed by atoms with Gasteiger partial charge in [0, 0.05) is 6.20 Å². The number of carbonyl (C=O) groups is 1. The Morgan fingerprint density at radius 3 is 2.35 bits per heavy atom. The lowest BCUT2D eigenvalue weighted by Crippen LogP contribution is -2.46. The minimum atomic E-state index is -1.25. The highest BCUT2D eigenvalue weighted by molar-refractivity contribution is 5.76. The van der Waals surface area contributed by atoms with Crippen LogP contribution in [-0.4, -0.2) is 15.6 Å². The van der Waals surface area contributed by atoms with Gasteiger partial charge in [0.05, 0.1) is 0 Å². The summed E-state index contributed by atoms with van der Waals surface area (Å²) in [4.78, 5) is 24.4. The van der Waals surface area contributed by atoms with E-state index in [1.165, 1.54) is 10.8 Å². The molecule has 2 aromatic rings. The Morgan fingerprint density at radius 2 is 1.78 bits per heavy atom. The minimum absolute atomic E-state index is 0.156. The van der Waals surface area contributed by atoms with Gasteiger partial charge in [-0.3, -0.25) is 9.36 Å². The topological polar surface area (TPSA) is 68.5 Å². The van der Waals surface area contributed by atoms with E-state index in [1.54, 1.807) is 26.0 Å². The second-order valence-electron chi connectivity index (χ2n) is 5.37. The number of aliphatic carboxylic acids is 1. The van der Waals surface area contributed by atoms with Crippen LogP contribution in [0.4, 0.5) is 0 Å². The van der Waals surface area contributed by atoms with Crippen LogP contribution in [0.15, 0.2) is 53.5 Å². The molecule has 5 heteroatoms. The molecule has 122 valence electrons. The zero-order valence-corrected chi connectivity index (χ0v) is 13.4. The largest absolute Gasteiger partial charge is 0.483 e. The zero-order valence-electron chi connectivity index (χ0n) is 13.4. The first kappa shape index (κ1) is 16.8. The monoisotopic (exact) mass is 315 g/mol. The molecule has 23 heavy (non-hydrogen) atoms. The van der Waals surface area contributed by atoms with Gasteiger partial charge >= 0.3 is 5.97 Å². The van der Waals surface area contributed by atoms with Gasteiger partial charge in [-0.05, 0) is 30.5 Å². The average molecular weight is 315 g/mol. The van der Waals surface area contributed by atoms with Crippen LogP contribution < -0.4 is 10.3 Å². The van der Waals surface area contributed by atoms with Crippen molar-refractivity contribution < 1.29 is 14.6 Å². The van der Waals surface area contributed by atoms with Crippen molar-refractivity contribution in [2.24, 2.45) is 0 Å². The average Bonchev–Trinajstić information content (AvgIpc) is 2.57. The molecule has 1 aromatic heterocycles. The van der Waals surface area contributed by atoms with E-state index in [2.05, 4.69) is 0 Å². The Morgan fingerprint density at radius 1 is 1.13 bits per heavy atom. The predicted molar refractivity (Wildman–Crippen MR) is 87.7 cm³/mol. The number of ether oxygens (including phenoxy) is 1. The van der Waals surface area contributed by atoms with Crippen molar-refractivity contribution in [3.63, 3.8) is 0 Å². The van der Waals surface area contributed by atoms with Gasteiger partial charge in [-0.15, -0.1) is 0 Å². The van der Waals surface area contributed by atoms with Crippen LogP contribution >= 0.6 is 0 Å². The highest BCUT2D eigenvalue weighted by atomic mass is 16.5. The molecule has 0 fully saturated rings. The van der Waals surface area contributed by atoms with Gasteiger partial charge in [0.25, 0.3) is 5.56 Å². The summed E-state index contributed by atoms with van der Waals surface area (Å²) < 4.78 is 6.87. The summed E-state index contributed by atoms with van der Waals surface area (Å²) in [7, 11) is 0. The Labute approximate surface area is 135 Å². The van der Waals surface area contributed by atoms with Gasteiger partial charge in [-0.1, -0.05) is 44.2 Å². The molecule has 2 rings (SSSR count). The van der Waals surface area contributed by atoms with Gasteiger partial charge in [-0.2, -0.15) is 0 Å². The van der Waals surface area contributed by atoms with Crippen LogP contribution in [0, 0.1) is 0 Å². The molecule has 0 unspecified atom stereocenters. The number of carboxylic acid groups (broad SMARTS) is 1. The smallest absolute Gasteiger partial charge is 0.329 e. The fourth-order valence-electron chi connectivity index (χ4n) is 2.65. The molecule has 0 spiro atoms. The fourth-order valence-corrected chi connectivity index (χ4v) is 2.65. The van der Waals surface area contributed by atoms with Crippen LogP contribution in [0.5, 0.6) is 5.75 Å². The summed E-state index contributed by atoms with van der Waals surface area (Å²) in [5, 5.41) is 9.60. The van der Waals surface area contributed by atoms with E-state index < -0.39 is 17.1 Å². The number of rotatable bonds is 7. The molecule has 5 nitrogen and oxygen atoms in total. The quantitative estimate of drug-likeness (QED) is 0.852. The van der Waals surface area contributed by atoms with Crippen LogP contribution in [0.3, 0.4) is 0 Å². The summed E-state index contributed by atoms with van der Waals surface area (Å²) in [5.41, 5.74) is -0.726. The SMILES string of the molecule is CCC(CC)(C(=O)O)n1cccc(OCc2ccccc2)c1=O. The van der Waals surface area contributed by atoms with Gasteiger partial charge in [0.1, 0.15) is 12.1 Å². The number of pyridine rings is 1. The Balaban J connectivity index is 2.34. The lowest BCUT2D eigenvalue weighted by molar-refractivity contribution is -0.148. The van der Waals surface area contributed by atoms with Crippen molar-refractivity contribution in [1.82, 2.24) is 4.57 Å². The molecule has 0 saturated carbocycles. The summed E-state index contributed by atoms with van der Waals surface area (Å²) in [6.07, 6.45) is 2.15. The second kappa shape index (κ2) is 7.13. The third-order valence-corrected chi connectivity index (χ3v) is 4.18. The van der Waals surface area contributed by atoms with Crippen molar-refractivity contribution in [1.29, 1.82) is 0 Å². The lowest BCUT2D eigenvalue weighted by Gasteiger charge is -2.29. The van der Waals surface area contributed by atoms with Crippen LogP contribution in [0.25, 0.3) is 0 Å². The fraction of sp³-hybridized carbons (Fsp3) is 0.333. The first-order valence-corrected chi connectivity index (χ1v) is 7.67. The number of benzene rings is 1. The third kappa shape index (κ3) is 3.28. The van der Waals surface area contributed by atoms with Gasteiger partial charge in [0.15, 0.2) is 5.75 Å². The van der Waals surface area contributed by atoms with E-state index in [0.717, 1.165) is 5.56 Å². The molecule has 0 saturated heterocycles. The number of nitrogens with zero attached hydrogens (tertiary/aromatic N) is 1. The van der Waals surface area contributed by atoms with E-state index in [4.69, 9.17) is 4.74 Å². The maximum Gasteiger partial charge on any atom is 0.329 e. The Kier molecular flexibility index (Phi) is 5.21.